The van der Waals surface area contributed by atoms with Crippen molar-refractivity contribution in [1.82, 2.24) is 4.90 Å². The summed E-state index contributed by atoms with van der Waals surface area (Å²) in [5.41, 5.74) is 2.22. The van der Waals surface area contributed by atoms with Crippen molar-refractivity contribution in [2.75, 3.05) is 19.7 Å². The molecular weight excluding hydrogens is 314 g/mol. The summed E-state index contributed by atoms with van der Waals surface area (Å²) >= 11 is 1.01. The average molecular weight is 331 g/mol. The molecule has 23 heavy (non-hydrogen) atoms. The number of benzene rings is 1. The van der Waals surface area contributed by atoms with Crippen LogP contribution in [0, 0.1) is 6.92 Å². The molecule has 0 aliphatic carbocycles. The van der Waals surface area contributed by atoms with Gasteiger partial charge in [-0.25, -0.2) is 4.79 Å². The van der Waals surface area contributed by atoms with Crippen LogP contribution in [0.3, 0.4) is 0 Å². The largest absolute Gasteiger partial charge is 0.477 e. The van der Waals surface area contributed by atoms with E-state index in [-0.39, 0.29) is 16.9 Å². The molecule has 1 aliphatic rings. The number of aromatic carboxylic acids is 1. The smallest absolute Gasteiger partial charge is 0.345 e. The Kier molecular flexibility index (Phi) is 4.45. The van der Waals surface area contributed by atoms with Gasteiger partial charge in [0.2, 0.25) is 0 Å². The van der Waals surface area contributed by atoms with Crippen molar-refractivity contribution in [3.05, 3.63) is 57.3 Å². The Morgan fingerprint density at radius 3 is 2.65 bits per heavy atom. The highest BCUT2D eigenvalue weighted by Crippen LogP contribution is 2.27. The molecule has 0 bridgehead atoms. The highest BCUT2D eigenvalue weighted by Gasteiger charge is 2.27. The van der Waals surface area contributed by atoms with Crippen LogP contribution in [0.15, 0.2) is 36.4 Å². The summed E-state index contributed by atoms with van der Waals surface area (Å²) in [6.45, 7) is 3.49. The first kappa shape index (κ1) is 15.7. The normalized spacial score (nSPS) is 18.0. The van der Waals surface area contributed by atoms with Crippen LogP contribution in [0.1, 0.15) is 36.6 Å². The fourth-order valence-corrected chi connectivity index (χ4v) is 3.51. The third kappa shape index (κ3) is 3.28. The number of nitrogens with zero attached hydrogens (tertiary/aromatic N) is 1. The molecular formula is C17H17NO4S. The minimum Gasteiger partial charge on any atom is -0.477 e. The number of rotatable bonds is 3. The van der Waals surface area contributed by atoms with E-state index >= 15 is 0 Å². The Bertz CT molecular complexity index is 740. The first-order valence-electron chi connectivity index (χ1n) is 7.36. The number of aryl methyl sites for hydroxylation is 1. The summed E-state index contributed by atoms with van der Waals surface area (Å²) in [6, 6.07) is 11.0. The molecule has 120 valence electrons. The molecule has 1 amide bonds. The molecule has 1 aromatic heterocycles. The van der Waals surface area contributed by atoms with Crippen LogP contribution in [0.5, 0.6) is 0 Å². The highest BCUT2D eigenvalue weighted by molar-refractivity contribution is 7.15. The number of carboxylic acids is 1. The minimum absolute atomic E-state index is 0.135. The molecule has 0 saturated carbocycles. The van der Waals surface area contributed by atoms with Gasteiger partial charge in [-0.15, -0.1) is 11.3 Å². The molecule has 6 heteroatoms. The van der Waals surface area contributed by atoms with Crippen LogP contribution in [-0.4, -0.2) is 41.6 Å². The van der Waals surface area contributed by atoms with Crippen LogP contribution in [0.25, 0.3) is 0 Å². The second kappa shape index (κ2) is 6.52. The van der Waals surface area contributed by atoms with E-state index in [1.165, 1.54) is 6.07 Å². The molecule has 1 atom stereocenters. The lowest BCUT2D eigenvalue weighted by Gasteiger charge is -2.33. The lowest BCUT2D eigenvalue weighted by molar-refractivity contribution is -0.0229. The molecule has 1 unspecified atom stereocenters. The van der Waals surface area contributed by atoms with Crippen LogP contribution in [-0.2, 0) is 4.74 Å². The van der Waals surface area contributed by atoms with Gasteiger partial charge in [-0.3, -0.25) is 4.79 Å². The van der Waals surface area contributed by atoms with E-state index < -0.39 is 5.97 Å². The zero-order valence-corrected chi connectivity index (χ0v) is 13.5. The SMILES string of the molecule is Cc1ccccc1C1CN(C(=O)c2ccc(C(=O)O)s2)CCO1. The number of thiophene rings is 1. The maximum atomic E-state index is 12.6. The van der Waals surface area contributed by atoms with Crippen LogP contribution in [0.4, 0.5) is 0 Å². The molecule has 0 spiro atoms. The molecule has 1 aromatic carbocycles. The van der Waals surface area contributed by atoms with E-state index in [1.807, 2.05) is 31.2 Å². The molecule has 2 heterocycles. The minimum atomic E-state index is -1.01. The van der Waals surface area contributed by atoms with Gasteiger partial charge in [0.1, 0.15) is 11.0 Å². The number of carboxylic acid groups (broad SMARTS) is 1. The number of ether oxygens (including phenoxy) is 1. The van der Waals surface area contributed by atoms with E-state index in [0.29, 0.717) is 24.6 Å². The highest BCUT2D eigenvalue weighted by atomic mass is 32.1. The molecule has 2 aromatic rings. The first-order valence-corrected chi connectivity index (χ1v) is 8.17. The third-order valence-electron chi connectivity index (χ3n) is 3.92. The van der Waals surface area contributed by atoms with Gasteiger partial charge in [0.15, 0.2) is 0 Å². The van der Waals surface area contributed by atoms with Crippen molar-refractivity contribution in [3.63, 3.8) is 0 Å². The Balaban J connectivity index is 1.76. The van der Waals surface area contributed by atoms with Crippen molar-refractivity contribution >= 4 is 23.2 Å². The number of hydrogen-bond acceptors (Lipinski definition) is 4. The standard InChI is InChI=1S/C17H17NO4S/c1-11-4-2-3-5-12(11)13-10-18(8-9-22-13)16(19)14-6-7-15(23-14)17(20)21/h2-7,13H,8-10H2,1H3,(H,20,21). The summed E-state index contributed by atoms with van der Waals surface area (Å²) in [5.74, 6) is -1.14. The molecule has 0 radical (unpaired) electrons. The van der Waals surface area contributed by atoms with Crippen LogP contribution < -0.4 is 0 Å². The Labute approximate surface area is 138 Å². The fourth-order valence-electron chi connectivity index (χ4n) is 2.69. The number of carbonyl (C=O) groups is 2. The summed E-state index contributed by atoms with van der Waals surface area (Å²) in [6.07, 6.45) is -0.146. The van der Waals surface area contributed by atoms with Crippen LogP contribution in [0.2, 0.25) is 0 Å². The Morgan fingerprint density at radius 2 is 1.96 bits per heavy atom. The van der Waals surface area contributed by atoms with E-state index in [1.54, 1.807) is 11.0 Å². The average Bonchev–Trinajstić information content (AvgIpc) is 3.05. The Morgan fingerprint density at radius 1 is 1.22 bits per heavy atom. The van der Waals surface area contributed by atoms with Crippen molar-refractivity contribution in [2.45, 2.75) is 13.0 Å². The van der Waals surface area contributed by atoms with Crippen molar-refractivity contribution < 1.29 is 19.4 Å². The van der Waals surface area contributed by atoms with E-state index in [0.717, 1.165) is 22.5 Å². The summed E-state index contributed by atoms with van der Waals surface area (Å²) < 4.78 is 5.82. The van der Waals surface area contributed by atoms with Gasteiger partial charge >= 0.3 is 5.97 Å². The predicted molar refractivity (Wildman–Crippen MR) is 87.1 cm³/mol. The number of carbonyl (C=O) groups excluding carboxylic acids is 1. The second-order valence-corrected chi connectivity index (χ2v) is 6.52. The van der Waals surface area contributed by atoms with Gasteiger partial charge in [0, 0.05) is 6.54 Å². The third-order valence-corrected chi connectivity index (χ3v) is 4.98. The van der Waals surface area contributed by atoms with Gasteiger partial charge in [0.05, 0.1) is 18.0 Å². The maximum Gasteiger partial charge on any atom is 0.345 e. The zero-order chi connectivity index (χ0) is 16.4. The lowest BCUT2D eigenvalue weighted by atomic mass is 10.0. The topological polar surface area (TPSA) is 66.8 Å². The summed E-state index contributed by atoms with van der Waals surface area (Å²) in [4.78, 5) is 25.9. The monoisotopic (exact) mass is 331 g/mol. The molecule has 1 N–H and O–H groups in total. The lowest BCUT2D eigenvalue weighted by Crippen LogP contribution is -2.42. The van der Waals surface area contributed by atoms with Gasteiger partial charge in [-0.2, -0.15) is 0 Å². The molecule has 3 rings (SSSR count). The maximum absolute atomic E-state index is 12.6. The van der Waals surface area contributed by atoms with Gasteiger partial charge in [-0.1, -0.05) is 24.3 Å². The molecule has 1 saturated heterocycles. The molecule has 5 nitrogen and oxygen atoms in total. The van der Waals surface area contributed by atoms with Crippen LogP contribution >= 0.6 is 11.3 Å². The summed E-state index contributed by atoms with van der Waals surface area (Å²) in [7, 11) is 0. The van der Waals surface area contributed by atoms with Crippen molar-refractivity contribution in [3.8, 4) is 0 Å². The first-order chi connectivity index (χ1) is 11.1. The van der Waals surface area contributed by atoms with E-state index in [9.17, 15) is 9.59 Å². The van der Waals surface area contributed by atoms with Gasteiger partial charge in [0.25, 0.3) is 5.91 Å². The fraction of sp³-hybridized carbons (Fsp3) is 0.294. The van der Waals surface area contributed by atoms with E-state index in [2.05, 4.69) is 0 Å². The van der Waals surface area contributed by atoms with Crippen molar-refractivity contribution in [2.24, 2.45) is 0 Å². The van der Waals surface area contributed by atoms with E-state index in [4.69, 9.17) is 9.84 Å². The van der Waals surface area contributed by atoms with Crippen molar-refractivity contribution in [1.29, 1.82) is 0 Å². The Hall–Kier alpha value is -2.18. The zero-order valence-electron chi connectivity index (χ0n) is 12.7. The van der Waals surface area contributed by atoms with Gasteiger partial charge < -0.3 is 14.7 Å². The number of morpholine rings is 1. The second-order valence-electron chi connectivity index (χ2n) is 5.44. The molecule has 1 aliphatic heterocycles. The van der Waals surface area contributed by atoms with Gasteiger partial charge in [-0.05, 0) is 30.2 Å². The number of hydrogen-bond donors (Lipinski definition) is 1. The quantitative estimate of drug-likeness (QED) is 0.939. The summed E-state index contributed by atoms with van der Waals surface area (Å²) in [5, 5.41) is 8.98. The molecule has 1 fully saturated rings. The number of amides is 1. The predicted octanol–water partition coefficient (Wildman–Crippen LogP) is 2.97.